The summed E-state index contributed by atoms with van der Waals surface area (Å²) in [4.78, 5) is 0.389. The molecule has 0 aliphatic heterocycles. The summed E-state index contributed by atoms with van der Waals surface area (Å²) < 4.78 is 28.2. The first-order valence-electron chi connectivity index (χ1n) is 29.3. The van der Waals surface area contributed by atoms with Crippen molar-refractivity contribution in [2.45, 2.75) is 251 Å². The van der Waals surface area contributed by atoms with Crippen LogP contribution in [0.1, 0.15) is 218 Å². The van der Waals surface area contributed by atoms with Crippen molar-refractivity contribution in [2.75, 3.05) is 0 Å². The van der Waals surface area contributed by atoms with Gasteiger partial charge in [-0.3, -0.25) is 0 Å². The van der Waals surface area contributed by atoms with Gasteiger partial charge in [0.1, 0.15) is 0 Å². The molecule has 0 saturated heterocycles. The minimum absolute atomic E-state index is 0.00754. The number of aliphatic hydroxyl groups excluding tert-OH is 2. The molecule has 21 atom stereocenters. The van der Waals surface area contributed by atoms with E-state index in [1.54, 1.807) is 12.1 Å². The van der Waals surface area contributed by atoms with Gasteiger partial charge in [0.05, 0.1) is 33.6 Å². The first kappa shape index (κ1) is 54.3. The van der Waals surface area contributed by atoms with Gasteiger partial charge in [0.25, 0.3) is 0 Å². The third kappa shape index (κ3) is 10.0. The minimum Gasteiger partial charge on any atom is -0.393 e. The van der Waals surface area contributed by atoms with E-state index >= 15 is 0 Å². The van der Waals surface area contributed by atoms with Crippen molar-refractivity contribution in [2.24, 2.45) is 105 Å². The summed E-state index contributed by atoms with van der Waals surface area (Å²) in [5.74, 6) is 8.53. The van der Waals surface area contributed by atoms with E-state index in [0.717, 1.165) is 92.3 Å². The number of benzene rings is 1. The topological polar surface area (TPSA) is 115 Å². The van der Waals surface area contributed by atoms with Crippen molar-refractivity contribution in [1.82, 2.24) is 0 Å². The van der Waals surface area contributed by atoms with Crippen LogP contribution in [0.3, 0.4) is 0 Å². The number of hydrogen-bond donors (Lipinski definition) is 4. The standard InChI is InChI=1S/C34H54O4S.C28H50O2/c1-22(2)30(35)20-31(39(37,38)25-10-8-7-9-11-25)23(3)27-14-15-28-26-13-12-24-21-32(4,36)18-19-33(24,5)29(26)16-17-34(27,28)6;1-18(2)25(29)12-7-19(3)22-10-11-23-21-9-8-20-17-26(4,30)15-16-27(20,5)24(21)13-14-28(22,23)6/h7-11,22-24,26-31,35-36H,12-21H2,1-6H3;18-25,29-30H,7-17H2,1-6H3/t23-,24-,26-,27+,28-,29-,30-,31?,32-,33-,34+;19-,20+,21+,22-,23+,24+,25+,26+,27+,28-/m01/s1. The molecule has 394 valence electrons. The van der Waals surface area contributed by atoms with Crippen LogP contribution in [0.2, 0.25) is 0 Å². The van der Waals surface area contributed by atoms with E-state index < -0.39 is 32.4 Å². The second-order valence-corrected chi connectivity index (χ2v) is 31.0. The van der Waals surface area contributed by atoms with Crippen molar-refractivity contribution in [3.63, 3.8) is 0 Å². The maximum atomic E-state index is 14.1. The molecule has 6 nitrogen and oxygen atoms in total. The SMILES string of the molecule is CC(C)[C@@H](O)CC([C@@H](C)[C@H]1CC[C@H]2[C@@H]3CC[C@H]4C[C@@](C)(O)CC[C@]4(C)[C@H]3CC[C@]12C)S(=O)(=O)c1ccccc1.CC(C)[C@@H](O)CC[C@@H](C)[C@H]1CC[C@H]2[C@@H]3CC[C@H]4C[C@@](C)(O)CC[C@]4(C)[C@H]3CC[C@]12C. The largest absolute Gasteiger partial charge is 0.393 e. The van der Waals surface area contributed by atoms with Crippen molar-refractivity contribution >= 4 is 9.84 Å². The predicted molar refractivity (Wildman–Crippen MR) is 283 cm³/mol. The van der Waals surface area contributed by atoms with E-state index in [4.69, 9.17) is 0 Å². The summed E-state index contributed by atoms with van der Waals surface area (Å²) >= 11 is 0. The summed E-state index contributed by atoms with van der Waals surface area (Å²) in [5, 5.41) is 42.2. The average molecular weight is 978 g/mol. The van der Waals surface area contributed by atoms with Gasteiger partial charge in [-0.05, 0) is 265 Å². The van der Waals surface area contributed by atoms with E-state index in [1.165, 1.54) is 83.5 Å². The average Bonchev–Trinajstić information content (AvgIpc) is 3.84. The van der Waals surface area contributed by atoms with E-state index in [0.29, 0.717) is 51.2 Å². The van der Waals surface area contributed by atoms with Gasteiger partial charge in [0.2, 0.25) is 0 Å². The molecule has 0 aromatic heterocycles. The van der Waals surface area contributed by atoms with Crippen molar-refractivity contribution in [1.29, 1.82) is 0 Å². The zero-order chi connectivity index (χ0) is 50.3. The second-order valence-electron chi connectivity index (χ2n) is 28.8. The highest BCUT2D eigenvalue weighted by atomic mass is 32.2. The normalized spacial score (nSPS) is 46.1. The molecule has 69 heavy (non-hydrogen) atoms. The third-order valence-electron chi connectivity index (χ3n) is 24.4. The fourth-order valence-corrected chi connectivity index (χ4v) is 22.0. The highest BCUT2D eigenvalue weighted by Crippen LogP contribution is 2.71. The van der Waals surface area contributed by atoms with Crippen molar-refractivity contribution in [3.05, 3.63) is 30.3 Å². The molecule has 0 radical (unpaired) electrons. The van der Waals surface area contributed by atoms with E-state index in [1.807, 2.05) is 39.0 Å². The quantitative estimate of drug-likeness (QED) is 0.166. The van der Waals surface area contributed by atoms with E-state index in [-0.39, 0.29) is 23.4 Å². The molecular weight excluding hydrogens is 873 g/mol. The fraction of sp³-hybridized carbons (Fsp3) is 0.903. The van der Waals surface area contributed by atoms with Gasteiger partial charge in [-0.15, -0.1) is 0 Å². The Kier molecular flexibility index (Phi) is 15.7. The molecule has 8 saturated carbocycles. The number of rotatable bonds is 12. The molecule has 8 fully saturated rings. The van der Waals surface area contributed by atoms with Gasteiger partial charge in [0, 0.05) is 0 Å². The van der Waals surface area contributed by atoms with Crippen molar-refractivity contribution < 1.29 is 28.8 Å². The minimum atomic E-state index is -3.57. The Morgan fingerprint density at radius 3 is 1.45 bits per heavy atom. The lowest BCUT2D eigenvalue weighted by Crippen LogP contribution is -2.56. The lowest BCUT2D eigenvalue weighted by Gasteiger charge is -2.62. The van der Waals surface area contributed by atoms with Crippen LogP contribution >= 0.6 is 0 Å². The molecule has 1 aromatic carbocycles. The number of sulfone groups is 1. The van der Waals surface area contributed by atoms with Gasteiger partial charge in [-0.2, -0.15) is 0 Å². The fourth-order valence-electron chi connectivity index (χ4n) is 19.9. The van der Waals surface area contributed by atoms with Gasteiger partial charge >= 0.3 is 0 Å². The summed E-state index contributed by atoms with van der Waals surface area (Å²) in [6.07, 6.45) is 23.7. The van der Waals surface area contributed by atoms with Gasteiger partial charge in [-0.1, -0.05) is 87.4 Å². The molecule has 8 aliphatic rings. The molecular formula is C62H104O6S. The molecule has 0 heterocycles. The van der Waals surface area contributed by atoms with Crippen molar-refractivity contribution in [3.8, 4) is 0 Å². The highest BCUT2D eigenvalue weighted by Gasteiger charge is 2.64. The Hall–Kier alpha value is -0.990. The zero-order valence-corrected chi connectivity index (χ0v) is 46.9. The zero-order valence-electron chi connectivity index (χ0n) is 46.1. The van der Waals surface area contributed by atoms with Gasteiger partial charge in [0.15, 0.2) is 9.84 Å². The first-order valence-corrected chi connectivity index (χ1v) is 30.8. The van der Waals surface area contributed by atoms with Crippen LogP contribution in [0.15, 0.2) is 35.2 Å². The van der Waals surface area contributed by atoms with Crippen LogP contribution < -0.4 is 0 Å². The Morgan fingerprint density at radius 1 is 0.522 bits per heavy atom. The summed E-state index contributed by atoms with van der Waals surface area (Å²) in [6.45, 7) is 27.3. The molecule has 9 rings (SSSR count). The Balaban J connectivity index is 0.000000192. The second kappa shape index (κ2) is 19.9. The maximum Gasteiger partial charge on any atom is 0.181 e. The molecule has 4 N–H and O–H groups in total. The van der Waals surface area contributed by atoms with Crippen LogP contribution in [-0.4, -0.2) is 57.5 Å². The Morgan fingerprint density at radius 2 is 0.971 bits per heavy atom. The van der Waals surface area contributed by atoms with E-state index in [2.05, 4.69) is 62.3 Å². The van der Waals surface area contributed by atoms with Gasteiger partial charge in [-0.25, -0.2) is 8.42 Å². The number of hydrogen-bond acceptors (Lipinski definition) is 6. The molecule has 7 heteroatoms. The highest BCUT2D eigenvalue weighted by molar-refractivity contribution is 7.92. The molecule has 1 unspecified atom stereocenters. The van der Waals surface area contributed by atoms with Crippen LogP contribution in [-0.2, 0) is 9.84 Å². The Labute approximate surface area is 423 Å². The summed E-state index contributed by atoms with van der Waals surface area (Å²) in [7, 11) is -3.57. The first-order chi connectivity index (χ1) is 32.2. The molecule has 8 aliphatic carbocycles. The van der Waals surface area contributed by atoms with Crippen LogP contribution in [0.25, 0.3) is 0 Å². The van der Waals surface area contributed by atoms with E-state index in [9.17, 15) is 28.8 Å². The Bertz CT molecular complexity index is 2000. The predicted octanol–water partition coefficient (Wildman–Crippen LogP) is 14.1. The van der Waals surface area contributed by atoms with Gasteiger partial charge < -0.3 is 20.4 Å². The maximum absolute atomic E-state index is 14.1. The monoisotopic (exact) mass is 977 g/mol. The van der Waals surface area contributed by atoms with Crippen LogP contribution in [0.5, 0.6) is 0 Å². The molecule has 0 amide bonds. The molecule has 1 aromatic rings. The number of fused-ring (bicyclic) bond motifs is 10. The van der Waals surface area contributed by atoms with Crippen LogP contribution in [0.4, 0.5) is 0 Å². The molecule has 0 spiro atoms. The number of aliphatic hydroxyl groups is 4. The lowest BCUT2D eigenvalue weighted by atomic mass is 9.43. The summed E-state index contributed by atoms with van der Waals surface area (Å²) in [5.41, 5.74) is 0.542. The molecule has 0 bridgehead atoms. The third-order valence-corrected chi connectivity index (χ3v) is 26.7. The van der Waals surface area contributed by atoms with Crippen LogP contribution in [0, 0.1) is 105 Å². The lowest BCUT2D eigenvalue weighted by molar-refractivity contribution is -0.148. The smallest absolute Gasteiger partial charge is 0.181 e. The summed E-state index contributed by atoms with van der Waals surface area (Å²) in [6, 6.07) is 8.93.